The van der Waals surface area contributed by atoms with Crippen molar-refractivity contribution in [3.8, 4) is 0 Å². The van der Waals surface area contributed by atoms with E-state index in [-0.39, 0.29) is 0 Å². The molecule has 1 heteroatoms. The van der Waals surface area contributed by atoms with Crippen molar-refractivity contribution in [1.29, 1.82) is 0 Å². The minimum absolute atomic E-state index is 0.739. The number of hydrogen-bond acceptors (Lipinski definition) is 1. The smallest absolute Gasteiger partial charge is 0.00694 e. The molecule has 0 aliphatic rings. The van der Waals surface area contributed by atoms with E-state index in [9.17, 15) is 0 Å². The van der Waals surface area contributed by atoms with Gasteiger partial charge in [-0.15, -0.1) is 0 Å². The summed E-state index contributed by atoms with van der Waals surface area (Å²) in [6.45, 7) is 9.10. The van der Waals surface area contributed by atoms with Crippen LogP contribution >= 0.6 is 0 Å². The van der Waals surface area contributed by atoms with Gasteiger partial charge in [0.15, 0.2) is 0 Å². The molecular formula is C12H27N. The van der Waals surface area contributed by atoms with Crippen molar-refractivity contribution in [2.45, 2.75) is 78.3 Å². The molecule has 0 aromatic carbocycles. The van der Waals surface area contributed by atoms with Crippen molar-refractivity contribution in [1.82, 2.24) is 5.32 Å². The maximum Gasteiger partial charge on any atom is 0.00694 e. The first-order chi connectivity index (χ1) is 6.28. The Balaban J connectivity index is 3.76. The third kappa shape index (κ3) is 6.09. The third-order valence-corrected chi connectivity index (χ3v) is 2.73. The summed E-state index contributed by atoms with van der Waals surface area (Å²) in [6.07, 6.45) is 7.81. The average molecular weight is 185 g/mol. The topological polar surface area (TPSA) is 12.0 Å². The summed E-state index contributed by atoms with van der Waals surface area (Å²) >= 11 is 0. The van der Waals surface area contributed by atoms with Crippen LogP contribution in [0.5, 0.6) is 0 Å². The van der Waals surface area contributed by atoms with E-state index >= 15 is 0 Å². The SMILES string of the molecule is CCCC(CCC)NC(CC)CC. The summed E-state index contributed by atoms with van der Waals surface area (Å²) in [4.78, 5) is 0. The molecule has 0 amide bonds. The van der Waals surface area contributed by atoms with E-state index in [1.54, 1.807) is 0 Å². The Hall–Kier alpha value is -0.0400. The predicted octanol–water partition coefficient (Wildman–Crippen LogP) is 3.73. The van der Waals surface area contributed by atoms with Crippen LogP contribution in [0.25, 0.3) is 0 Å². The van der Waals surface area contributed by atoms with Gasteiger partial charge < -0.3 is 5.32 Å². The van der Waals surface area contributed by atoms with Crippen molar-refractivity contribution in [2.24, 2.45) is 0 Å². The van der Waals surface area contributed by atoms with Crippen LogP contribution in [0.2, 0.25) is 0 Å². The Kier molecular flexibility index (Phi) is 8.53. The fourth-order valence-corrected chi connectivity index (χ4v) is 1.87. The Morgan fingerprint density at radius 2 is 1.23 bits per heavy atom. The second-order valence-corrected chi connectivity index (χ2v) is 3.95. The molecule has 0 rings (SSSR count). The van der Waals surface area contributed by atoms with Gasteiger partial charge in [0.2, 0.25) is 0 Å². The molecule has 80 valence electrons. The van der Waals surface area contributed by atoms with Gasteiger partial charge in [0.25, 0.3) is 0 Å². The van der Waals surface area contributed by atoms with E-state index in [0.717, 1.165) is 12.1 Å². The van der Waals surface area contributed by atoms with E-state index in [1.165, 1.54) is 38.5 Å². The van der Waals surface area contributed by atoms with E-state index in [2.05, 4.69) is 33.0 Å². The predicted molar refractivity (Wildman–Crippen MR) is 61.1 cm³/mol. The minimum Gasteiger partial charge on any atom is -0.311 e. The monoisotopic (exact) mass is 185 g/mol. The molecule has 0 heterocycles. The summed E-state index contributed by atoms with van der Waals surface area (Å²) in [7, 11) is 0. The van der Waals surface area contributed by atoms with Crippen LogP contribution in [-0.4, -0.2) is 12.1 Å². The van der Waals surface area contributed by atoms with Gasteiger partial charge in [-0.2, -0.15) is 0 Å². The fourth-order valence-electron chi connectivity index (χ4n) is 1.87. The maximum atomic E-state index is 3.76. The lowest BCUT2D eigenvalue weighted by atomic mass is 10.0. The molecule has 0 aromatic rings. The van der Waals surface area contributed by atoms with Crippen LogP contribution in [-0.2, 0) is 0 Å². The van der Waals surface area contributed by atoms with Gasteiger partial charge in [-0.05, 0) is 25.7 Å². The second kappa shape index (κ2) is 8.55. The van der Waals surface area contributed by atoms with Crippen molar-refractivity contribution in [2.75, 3.05) is 0 Å². The standard InChI is InChI=1S/C12H27N/c1-5-9-12(10-6-2)13-11(7-3)8-4/h11-13H,5-10H2,1-4H3. The van der Waals surface area contributed by atoms with Crippen molar-refractivity contribution < 1.29 is 0 Å². The van der Waals surface area contributed by atoms with Gasteiger partial charge in [0.1, 0.15) is 0 Å². The minimum atomic E-state index is 0.739. The van der Waals surface area contributed by atoms with E-state index < -0.39 is 0 Å². The first-order valence-electron chi connectivity index (χ1n) is 6.04. The number of nitrogens with one attached hydrogen (secondary N) is 1. The Bertz CT molecular complexity index is 91.3. The van der Waals surface area contributed by atoms with Crippen LogP contribution in [0.15, 0.2) is 0 Å². The van der Waals surface area contributed by atoms with Crippen molar-refractivity contribution in [3.63, 3.8) is 0 Å². The van der Waals surface area contributed by atoms with Gasteiger partial charge in [-0.1, -0.05) is 40.5 Å². The van der Waals surface area contributed by atoms with Gasteiger partial charge in [-0.3, -0.25) is 0 Å². The molecule has 0 saturated heterocycles. The molecule has 0 radical (unpaired) electrons. The quantitative estimate of drug-likeness (QED) is 0.607. The first-order valence-corrected chi connectivity index (χ1v) is 6.04. The molecule has 0 unspecified atom stereocenters. The lowest BCUT2D eigenvalue weighted by Gasteiger charge is -2.23. The van der Waals surface area contributed by atoms with Gasteiger partial charge in [0.05, 0.1) is 0 Å². The van der Waals surface area contributed by atoms with Crippen LogP contribution in [0, 0.1) is 0 Å². The highest BCUT2D eigenvalue weighted by Crippen LogP contribution is 2.08. The summed E-state index contributed by atoms with van der Waals surface area (Å²) in [5.41, 5.74) is 0. The highest BCUT2D eigenvalue weighted by molar-refractivity contribution is 4.71. The molecule has 0 aliphatic carbocycles. The van der Waals surface area contributed by atoms with Gasteiger partial charge in [0, 0.05) is 12.1 Å². The Labute approximate surface area is 84.3 Å². The zero-order valence-electron chi connectivity index (χ0n) is 9.90. The van der Waals surface area contributed by atoms with E-state index in [0.29, 0.717) is 0 Å². The van der Waals surface area contributed by atoms with E-state index in [4.69, 9.17) is 0 Å². The highest BCUT2D eigenvalue weighted by atomic mass is 14.9. The molecular weight excluding hydrogens is 158 g/mol. The molecule has 0 aliphatic heterocycles. The Morgan fingerprint density at radius 1 is 0.769 bits per heavy atom. The average Bonchev–Trinajstić information content (AvgIpc) is 2.14. The molecule has 0 atom stereocenters. The van der Waals surface area contributed by atoms with Gasteiger partial charge in [-0.25, -0.2) is 0 Å². The van der Waals surface area contributed by atoms with Crippen molar-refractivity contribution >= 4 is 0 Å². The van der Waals surface area contributed by atoms with E-state index in [1.807, 2.05) is 0 Å². The molecule has 1 nitrogen and oxygen atoms in total. The first kappa shape index (κ1) is 13.0. The molecule has 1 N–H and O–H groups in total. The second-order valence-electron chi connectivity index (χ2n) is 3.95. The summed E-state index contributed by atoms with van der Waals surface area (Å²) < 4.78 is 0. The summed E-state index contributed by atoms with van der Waals surface area (Å²) in [6, 6.07) is 1.50. The van der Waals surface area contributed by atoms with Crippen molar-refractivity contribution in [3.05, 3.63) is 0 Å². The fraction of sp³-hybridized carbons (Fsp3) is 1.00. The number of rotatable bonds is 8. The summed E-state index contributed by atoms with van der Waals surface area (Å²) in [5, 5.41) is 3.76. The zero-order chi connectivity index (χ0) is 10.1. The Morgan fingerprint density at radius 3 is 1.54 bits per heavy atom. The molecule has 0 spiro atoms. The molecule has 0 bridgehead atoms. The maximum absolute atomic E-state index is 3.76. The molecule has 0 fully saturated rings. The normalized spacial score (nSPS) is 11.5. The lowest BCUT2D eigenvalue weighted by molar-refractivity contribution is 0.370. The van der Waals surface area contributed by atoms with Crippen LogP contribution < -0.4 is 5.32 Å². The van der Waals surface area contributed by atoms with Crippen LogP contribution in [0.1, 0.15) is 66.2 Å². The van der Waals surface area contributed by atoms with Crippen LogP contribution in [0.3, 0.4) is 0 Å². The highest BCUT2D eigenvalue weighted by Gasteiger charge is 2.10. The summed E-state index contributed by atoms with van der Waals surface area (Å²) in [5.74, 6) is 0. The van der Waals surface area contributed by atoms with Gasteiger partial charge >= 0.3 is 0 Å². The zero-order valence-corrected chi connectivity index (χ0v) is 9.90. The van der Waals surface area contributed by atoms with Crippen LogP contribution in [0.4, 0.5) is 0 Å². The molecule has 0 aromatic heterocycles. The largest absolute Gasteiger partial charge is 0.311 e. The molecule has 13 heavy (non-hydrogen) atoms. The number of hydrogen-bond donors (Lipinski definition) is 1. The molecule has 0 saturated carbocycles. The third-order valence-electron chi connectivity index (χ3n) is 2.73. The lowest BCUT2D eigenvalue weighted by Crippen LogP contribution is -2.37.